The molecule has 1 fully saturated rings. The first-order valence-corrected chi connectivity index (χ1v) is 7.58. The molecule has 0 heterocycles. The van der Waals surface area contributed by atoms with E-state index in [1.54, 1.807) is 7.11 Å². The molecular formula is C15H32N2O. The summed E-state index contributed by atoms with van der Waals surface area (Å²) in [6.07, 6.45) is 6.48. The van der Waals surface area contributed by atoms with Crippen LogP contribution in [0.1, 0.15) is 52.9 Å². The van der Waals surface area contributed by atoms with Gasteiger partial charge in [-0.2, -0.15) is 0 Å². The number of methoxy groups -OCH3 is 1. The summed E-state index contributed by atoms with van der Waals surface area (Å²) in [4.78, 5) is 2.61. The Kier molecular flexibility index (Phi) is 6.61. The van der Waals surface area contributed by atoms with Crippen molar-refractivity contribution in [1.29, 1.82) is 0 Å². The van der Waals surface area contributed by atoms with E-state index in [-0.39, 0.29) is 5.54 Å². The summed E-state index contributed by atoms with van der Waals surface area (Å²) in [6, 6.07) is 0.543. The molecule has 1 saturated carbocycles. The lowest BCUT2D eigenvalue weighted by Crippen LogP contribution is -2.61. The molecule has 0 radical (unpaired) electrons. The summed E-state index contributed by atoms with van der Waals surface area (Å²) in [7, 11) is 1.80. The van der Waals surface area contributed by atoms with Crippen molar-refractivity contribution in [3.63, 3.8) is 0 Å². The molecule has 3 nitrogen and oxygen atoms in total. The molecule has 2 N–H and O–H groups in total. The van der Waals surface area contributed by atoms with Gasteiger partial charge < -0.3 is 10.5 Å². The maximum atomic E-state index is 6.16. The van der Waals surface area contributed by atoms with Crippen LogP contribution in [0.2, 0.25) is 0 Å². The van der Waals surface area contributed by atoms with E-state index in [1.807, 2.05) is 0 Å². The molecule has 1 aliphatic carbocycles. The van der Waals surface area contributed by atoms with Gasteiger partial charge in [0.15, 0.2) is 0 Å². The van der Waals surface area contributed by atoms with E-state index in [1.165, 1.54) is 32.1 Å². The average molecular weight is 256 g/mol. The van der Waals surface area contributed by atoms with Crippen molar-refractivity contribution >= 4 is 0 Å². The van der Waals surface area contributed by atoms with Crippen LogP contribution in [0.4, 0.5) is 0 Å². The Morgan fingerprint density at radius 1 is 1.33 bits per heavy atom. The summed E-state index contributed by atoms with van der Waals surface area (Å²) in [5.41, 5.74) is 6.24. The first-order chi connectivity index (χ1) is 8.62. The Hall–Kier alpha value is -0.120. The molecule has 18 heavy (non-hydrogen) atoms. The van der Waals surface area contributed by atoms with Crippen LogP contribution in [0, 0.1) is 5.92 Å². The van der Waals surface area contributed by atoms with Gasteiger partial charge in [-0.1, -0.05) is 19.8 Å². The fourth-order valence-electron chi connectivity index (χ4n) is 3.18. The van der Waals surface area contributed by atoms with Gasteiger partial charge in [0.25, 0.3) is 0 Å². The van der Waals surface area contributed by atoms with Gasteiger partial charge in [0.05, 0.1) is 12.1 Å². The SMILES string of the molecule is CCCCCN(C(C)C)C(CN)(COC)C1CC1. The van der Waals surface area contributed by atoms with E-state index in [4.69, 9.17) is 10.5 Å². The summed E-state index contributed by atoms with van der Waals surface area (Å²) < 4.78 is 5.52. The minimum absolute atomic E-state index is 0.0800. The molecule has 0 saturated heterocycles. The number of nitrogens with two attached hydrogens (primary N) is 1. The summed E-state index contributed by atoms with van der Waals surface area (Å²) in [5.74, 6) is 0.742. The molecular weight excluding hydrogens is 224 g/mol. The third-order valence-corrected chi connectivity index (χ3v) is 4.28. The van der Waals surface area contributed by atoms with Crippen molar-refractivity contribution < 1.29 is 4.74 Å². The number of hydrogen-bond acceptors (Lipinski definition) is 3. The van der Waals surface area contributed by atoms with Crippen LogP contribution < -0.4 is 5.73 Å². The van der Waals surface area contributed by atoms with Crippen molar-refractivity contribution in [2.24, 2.45) is 11.7 Å². The Morgan fingerprint density at radius 3 is 2.39 bits per heavy atom. The Balaban J connectivity index is 2.75. The van der Waals surface area contributed by atoms with Crippen molar-refractivity contribution in [3.05, 3.63) is 0 Å². The van der Waals surface area contributed by atoms with Gasteiger partial charge in [0.2, 0.25) is 0 Å². The van der Waals surface area contributed by atoms with E-state index in [0.717, 1.165) is 25.6 Å². The van der Waals surface area contributed by atoms with Gasteiger partial charge in [-0.3, -0.25) is 4.90 Å². The molecule has 0 bridgehead atoms. The maximum absolute atomic E-state index is 6.16. The highest BCUT2D eigenvalue weighted by Crippen LogP contribution is 2.43. The Bertz CT molecular complexity index is 229. The van der Waals surface area contributed by atoms with Gasteiger partial charge in [-0.15, -0.1) is 0 Å². The number of unbranched alkanes of at least 4 members (excludes halogenated alkanes) is 2. The first-order valence-electron chi connectivity index (χ1n) is 7.58. The predicted molar refractivity (Wildman–Crippen MR) is 77.8 cm³/mol. The fraction of sp³-hybridized carbons (Fsp3) is 1.00. The zero-order chi connectivity index (χ0) is 13.6. The summed E-state index contributed by atoms with van der Waals surface area (Å²) in [5, 5.41) is 0. The summed E-state index contributed by atoms with van der Waals surface area (Å²) in [6.45, 7) is 9.48. The molecule has 108 valence electrons. The Labute approximate surface area is 113 Å². The van der Waals surface area contributed by atoms with E-state index < -0.39 is 0 Å². The van der Waals surface area contributed by atoms with Crippen molar-refractivity contribution in [3.8, 4) is 0 Å². The monoisotopic (exact) mass is 256 g/mol. The normalized spacial score (nSPS) is 19.5. The molecule has 0 aromatic rings. The number of hydrogen-bond donors (Lipinski definition) is 1. The maximum Gasteiger partial charge on any atom is 0.0661 e. The highest BCUT2D eigenvalue weighted by atomic mass is 16.5. The third kappa shape index (κ3) is 3.69. The van der Waals surface area contributed by atoms with E-state index in [0.29, 0.717) is 6.04 Å². The lowest BCUT2D eigenvalue weighted by Gasteiger charge is -2.46. The average Bonchev–Trinajstić information content (AvgIpc) is 3.16. The molecule has 1 rings (SSSR count). The molecule has 0 aromatic heterocycles. The molecule has 0 spiro atoms. The molecule has 0 aromatic carbocycles. The fourth-order valence-corrected chi connectivity index (χ4v) is 3.18. The quantitative estimate of drug-likeness (QED) is 0.611. The minimum atomic E-state index is 0.0800. The van der Waals surface area contributed by atoms with Gasteiger partial charge >= 0.3 is 0 Å². The highest BCUT2D eigenvalue weighted by molar-refractivity contribution is 5.04. The van der Waals surface area contributed by atoms with Crippen LogP contribution >= 0.6 is 0 Å². The van der Waals surface area contributed by atoms with Crippen LogP contribution in [-0.2, 0) is 4.74 Å². The zero-order valence-electron chi connectivity index (χ0n) is 12.7. The standard InChI is InChI=1S/C15H32N2O/c1-5-6-7-10-17(13(2)3)15(11-16,12-18-4)14-8-9-14/h13-14H,5-12,16H2,1-4H3. The molecule has 0 aliphatic heterocycles. The van der Waals surface area contributed by atoms with Crippen molar-refractivity contribution in [2.75, 3.05) is 26.8 Å². The lowest BCUT2D eigenvalue weighted by molar-refractivity contribution is -0.0200. The van der Waals surface area contributed by atoms with Crippen molar-refractivity contribution in [1.82, 2.24) is 4.90 Å². The van der Waals surface area contributed by atoms with E-state index in [2.05, 4.69) is 25.7 Å². The molecule has 0 amide bonds. The smallest absolute Gasteiger partial charge is 0.0661 e. The number of ether oxygens (including phenoxy) is 1. The number of rotatable bonds is 10. The minimum Gasteiger partial charge on any atom is -0.383 e. The van der Waals surface area contributed by atoms with Gasteiger partial charge in [0.1, 0.15) is 0 Å². The van der Waals surface area contributed by atoms with Gasteiger partial charge in [-0.25, -0.2) is 0 Å². The second-order valence-electron chi connectivity index (χ2n) is 6.01. The second-order valence-corrected chi connectivity index (χ2v) is 6.01. The molecule has 1 aliphatic rings. The lowest BCUT2D eigenvalue weighted by atomic mass is 9.90. The van der Waals surface area contributed by atoms with Crippen LogP contribution in [0.3, 0.4) is 0 Å². The van der Waals surface area contributed by atoms with E-state index in [9.17, 15) is 0 Å². The molecule has 1 unspecified atom stereocenters. The van der Waals surface area contributed by atoms with Crippen LogP contribution in [0.25, 0.3) is 0 Å². The predicted octanol–water partition coefficient (Wildman–Crippen LogP) is 2.64. The largest absolute Gasteiger partial charge is 0.383 e. The third-order valence-electron chi connectivity index (χ3n) is 4.28. The van der Waals surface area contributed by atoms with E-state index >= 15 is 0 Å². The van der Waals surface area contributed by atoms with Crippen LogP contribution in [0.5, 0.6) is 0 Å². The second kappa shape index (κ2) is 7.46. The van der Waals surface area contributed by atoms with Gasteiger partial charge in [-0.05, 0) is 45.6 Å². The first kappa shape index (κ1) is 15.9. The zero-order valence-corrected chi connectivity index (χ0v) is 12.7. The highest BCUT2D eigenvalue weighted by Gasteiger charge is 2.48. The number of nitrogens with zero attached hydrogens (tertiary/aromatic N) is 1. The van der Waals surface area contributed by atoms with Crippen molar-refractivity contribution in [2.45, 2.75) is 64.5 Å². The molecule has 1 atom stereocenters. The van der Waals surface area contributed by atoms with Crippen LogP contribution in [0.15, 0.2) is 0 Å². The molecule has 3 heteroatoms. The summed E-state index contributed by atoms with van der Waals surface area (Å²) >= 11 is 0. The Morgan fingerprint density at radius 2 is 2.00 bits per heavy atom. The topological polar surface area (TPSA) is 38.5 Å². The van der Waals surface area contributed by atoms with Gasteiger partial charge in [0, 0.05) is 19.7 Å². The van der Waals surface area contributed by atoms with Crippen LogP contribution in [-0.4, -0.2) is 43.3 Å².